The molecule has 96 valence electrons. The van der Waals surface area contributed by atoms with Gasteiger partial charge in [-0.1, -0.05) is 0 Å². The van der Waals surface area contributed by atoms with Crippen LogP contribution in [0.25, 0.3) is 5.65 Å². The summed E-state index contributed by atoms with van der Waals surface area (Å²) in [5.41, 5.74) is 3.17. The van der Waals surface area contributed by atoms with Gasteiger partial charge in [0.1, 0.15) is 5.82 Å². The molecule has 3 rings (SSSR count). The minimum atomic E-state index is 0.372. The van der Waals surface area contributed by atoms with E-state index in [-0.39, 0.29) is 0 Å². The predicted molar refractivity (Wildman–Crippen MR) is 70.1 cm³/mol. The maximum absolute atomic E-state index is 5.47. The van der Waals surface area contributed by atoms with Crippen LogP contribution in [0.1, 0.15) is 18.2 Å². The Balaban J connectivity index is 2.08. The lowest BCUT2D eigenvalue weighted by atomic mass is 10.2. The average Bonchev–Trinajstić information content (AvgIpc) is 2.72. The molecule has 0 aromatic carbocycles. The average molecular weight is 246 g/mol. The van der Waals surface area contributed by atoms with E-state index in [1.165, 1.54) is 0 Å². The number of ether oxygens (including phenoxy) is 1. The highest BCUT2D eigenvalue weighted by molar-refractivity contribution is 5.54. The summed E-state index contributed by atoms with van der Waals surface area (Å²) in [6, 6.07) is 2.47. The van der Waals surface area contributed by atoms with E-state index in [9.17, 15) is 0 Å². The molecule has 1 aliphatic heterocycles. The third-order valence-electron chi connectivity index (χ3n) is 3.47. The smallest absolute Gasteiger partial charge is 0.160 e. The molecule has 5 heteroatoms. The Labute approximate surface area is 106 Å². The molecule has 5 nitrogen and oxygen atoms in total. The van der Waals surface area contributed by atoms with Gasteiger partial charge in [-0.15, -0.1) is 0 Å². The standard InChI is InChI=1S/C13H18N4O/c1-9-7-14-17-10(2)6-12(15-13(9)17)16-4-5-18-8-11(16)3/h6-7,11H,4-5,8H2,1-3H3/t11-/m1/s1. The Kier molecular flexibility index (Phi) is 2.70. The largest absolute Gasteiger partial charge is 0.377 e. The minimum absolute atomic E-state index is 0.372. The molecule has 2 aromatic heterocycles. The van der Waals surface area contributed by atoms with E-state index in [2.05, 4.69) is 29.9 Å². The summed E-state index contributed by atoms with van der Waals surface area (Å²) >= 11 is 0. The number of fused-ring (bicyclic) bond motifs is 1. The summed E-state index contributed by atoms with van der Waals surface area (Å²) in [7, 11) is 0. The first-order valence-corrected chi connectivity index (χ1v) is 6.33. The fraction of sp³-hybridized carbons (Fsp3) is 0.538. The Bertz CT molecular complexity index is 578. The molecule has 1 atom stereocenters. The highest BCUT2D eigenvalue weighted by Gasteiger charge is 2.21. The predicted octanol–water partition coefficient (Wildman–Crippen LogP) is 1.57. The Morgan fingerprint density at radius 2 is 2.22 bits per heavy atom. The molecule has 0 N–H and O–H groups in total. The van der Waals surface area contributed by atoms with E-state index in [0.29, 0.717) is 6.04 Å². The lowest BCUT2D eigenvalue weighted by Crippen LogP contribution is -2.44. The molecule has 1 fully saturated rings. The summed E-state index contributed by atoms with van der Waals surface area (Å²) in [6.07, 6.45) is 1.86. The van der Waals surface area contributed by atoms with E-state index in [4.69, 9.17) is 9.72 Å². The van der Waals surface area contributed by atoms with Crippen LogP contribution in [-0.2, 0) is 4.74 Å². The number of rotatable bonds is 1. The molecule has 0 saturated carbocycles. The quantitative estimate of drug-likeness (QED) is 0.766. The lowest BCUT2D eigenvalue weighted by Gasteiger charge is -2.34. The first kappa shape index (κ1) is 11.5. The zero-order valence-electron chi connectivity index (χ0n) is 11.1. The zero-order valence-corrected chi connectivity index (χ0v) is 11.1. The highest BCUT2D eigenvalue weighted by Crippen LogP contribution is 2.21. The van der Waals surface area contributed by atoms with Crippen LogP contribution in [0, 0.1) is 13.8 Å². The summed E-state index contributed by atoms with van der Waals surface area (Å²) in [5, 5.41) is 4.33. The number of hydrogen-bond donors (Lipinski definition) is 0. The fourth-order valence-corrected chi connectivity index (χ4v) is 2.42. The van der Waals surface area contributed by atoms with E-state index >= 15 is 0 Å². The van der Waals surface area contributed by atoms with Crippen LogP contribution in [0.15, 0.2) is 12.3 Å². The highest BCUT2D eigenvalue weighted by atomic mass is 16.5. The van der Waals surface area contributed by atoms with Crippen molar-refractivity contribution in [2.24, 2.45) is 0 Å². The molecule has 0 unspecified atom stereocenters. The van der Waals surface area contributed by atoms with Crippen molar-refractivity contribution >= 4 is 11.5 Å². The normalized spacial score (nSPS) is 20.6. The van der Waals surface area contributed by atoms with Crippen LogP contribution >= 0.6 is 0 Å². The zero-order chi connectivity index (χ0) is 12.7. The molecule has 0 aliphatic carbocycles. The maximum Gasteiger partial charge on any atom is 0.160 e. The van der Waals surface area contributed by atoms with Crippen molar-refractivity contribution < 1.29 is 4.74 Å². The summed E-state index contributed by atoms with van der Waals surface area (Å²) in [4.78, 5) is 7.05. The molecule has 18 heavy (non-hydrogen) atoms. The molecule has 1 saturated heterocycles. The van der Waals surface area contributed by atoms with Gasteiger partial charge in [0.05, 0.1) is 25.5 Å². The number of aryl methyl sites for hydroxylation is 2. The second-order valence-corrected chi connectivity index (χ2v) is 4.94. The van der Waals surface area contributed by atoms with Crippen molar-refractivity contribution in [3.63, 3.8) is 0 Å². The van der Waals surface area contributed by atoms with Crippen molar-refractivity contribution in [3.05, 3.63) is 23.5 Å². The van der Waals surface area contributed by atoms with Gasteiger partial charge in [-0.2, -0.15) is 5.10 Å². The molecule has 1 aliphatic rings. The molecule has 0 radical (unpaired) electrons. The molecular formula is C13H18N4O. The van der Waals surface area contributed by atoms with Crippen LogP contribution in [0.4, 0.5) is 5.82 Å². The van der Waals surface area contributed by atoms with Crippen LogP contribution in [0.2, 0.25) is 0 Å². The Hall–Kier alpha value is -1.62. The SMILES string of the molecule is Cc1cnn2c(C)cc(N3CCOC[C@H]3C)nc12. The third-order valence-corrected chi connectivity index (χ3v) is 3.47. The van der Waals surface area contributed by atoms with Crippen molar-refractivity contribution in [3.8, 4) is 0 Å². The van der Waals surface area contributed by atoms with Crippen molar-refractivity contribution in [1.29, 1.82) is 0 Å². The fourth-order valence-electron chi connectivity index (χ4n) is 2.42. The summed E-state index contributed by atoms with van der Waals surface area (Å²) in [6.45, 7) is 8.72. The van der Waals surface area contributed by atoms with Gasteiger partial charge in [0, 0.05) is 23.9 Å². The van der Waals surface area contributed by atoms with Gasteiger partial charge < -0.3 is 9.64 Å². The molecule has 0 amide bonds. The van der Waals surface area contributed by atoms with Gasteiger partial charge in [0.15, 0.2) is 5.65 Å². The lowest BCUT2D eigenvalue weighted by molar-refractivity contribution is 0.0985. The second-order valence-electron chi connectivity index (χ2n) is 4.94. The van der Waals surface area contributed by atoms with Crippen molar-refractivity contribution in [1.82, 2.24) is 14.6 Å². The number of anilines is 1. The van der Waals surface area contributed by atoms with E-state index in [0.717, 1.165) is 42.5 Å². The summed E-state index contributed by atoms with van der Waals surface area (Å²) in [5.74, 6) is 1.03. The molecular weight excluding hydrogens is 228 g/mol. The monoisotopic (exact) mass is 246 g/mol. The number of aromatic nitrogens is 3. The summed E-state index contributed by atoms with van der Waals surface area (Å²) < 4.78 is 7.37. The molecule has 3 heterocycles. The molecule has 2 aromatic rings. The van der Waals surface area contributed by atoms with E-state index in [1.54, 1.807) is 0 Å². The van der Waals surface area contributed by atoms with Gasteiger partial charge in [0.25, 0.3) is 0 Å². The minimum Gasteiger partial charge on any atom is -0.377 e. The Morgan fingerprint density at radius 1 is 1.39 bits per heavy atom. The van der Waals surface area contributed by atoms with E-state index < -0.39 is 0 Å². The van der Waals surface area contributed by atoms with Crippen LogP contribution < -0.4 is 4.90 Å². The van der Waals surface area contributed by atoms with Crippen LogP contribution in [-0.4, -0.2) is 40.4 Å². The van der Waals surface area contributed by atoms with Gasteiger partial charge in [-0.05, 0) is 20.8 Å². The molecule has 0 spiro atoms. The van der Waals surface area contributed by atoms with Gasteiger partial charge in [0.2, 0.25) is 0 Å². The van der Waals surface area contributed by atoms with Gasteiger partial charge in [-0.25, -0.2) is 9.50 Å². The number of hydrogen-bond acceptors (Lipinski definition) is 4. The van der Waals surface area contributed by atoms with Crippen molar-refractivity contribution in [2.45, 2.75) is 26.8 Å². The van der Waals surface area contributed by atoms with Crippen LogP contribution in [0.3, 0.4) is 0 Å². The van der Waals surface area contributed by atoms with E-state index in [1.807, 2.05) is 17.6 Å². The topological polar surface area (TPSA) is 42.7 Å². The van der Waals surface area contributed by atoms with Gasteiger partial charge >= 0.3 is 0 Å². The Morgan fingerprint density at radius 3 is 3.00 bits per heavy atom. The number of nitrogens with zero attached hydrogens (tertiary/aromatic N) is 4. The van der Waals surface area contributed by atoms with Crippen molar-refractivity contribution in [2.75, 3.05) is 24.7 Å². The van der Waals surface area contributed by atoms with Crippen LogP contribution in [0.5, 0.6) is 0 Å². The maximum atomic E-state index is 5.47. The first-order valence-electron chi connectivity index (χ1n) is 6.33. The third kappa shape index (κ3) is 1.75. The van der Waals surface area contributed by atoms with Gasteiger partial charge in [-0.3, -0.25) is 0 Å². The molecule has 0 bridgehead atoms. The second kappa shape index (κ2) is 4.24. The number of morpholine rings is 1. The first-order chi connectivity index (χ1) is 8.66.